The third-order valence-electron chi connectivity index (χ3n) is 1.52. The molecule has 5 heteroatoms. The SMILES string of the molecule is C=C(CCCN)C(=O)N(C)C.NCCO. The molecule has 0 unspecified atom stereocenters. The second-order valence-corrected chi connectivity index (χ2v) is 3.21. The van der Waals surface area contributed by atoms with Crippen LogP contribution in [0.4, 0.5) is 0 Å². The predicted octanol–water partition coefficient (Wildman–Crippen LogP) is -0.693. The summed E-state index contributed by atoms with van der Waals surface area (Å²) in [6, 6.07) is 0. The number of nitrogens with zero attached hydrogens (tertiary/aromatic N) is 1. The minimum atomic E-state index is -0.00144. The van der Waals surface area contributed by atoms with Crippen LogP contribution in [0.2, 0.25) is 0 Å². The Balaban J connectivity index is 0. The Morgan fingerprint density at radius 1 is 1.33 bits per heavy atom. The fourth-order valence-corrected chi connectivity index (χ4v) is 0.739. The number of amides is 1. The highest BCUT2D eigenvalue weighted by Gasteiger charge is 2.07. The lowest BCUT2D eigenvalue weighted by molar-refractivity contribution is -0.124. The molecule has 0 rings (SSSR count). The molecule has 1 amide bonds. The summed E-state index contributed by atoms with van der Waals surface area (Å²) < 4.78 is 0. The number of aliphatic hydroxyl groups is 1. The Hall–Kier alpha value is -0.910. The Labute approximate surface area is 91.7 Å². The van der Waals surface area contributed by atoms with Crippen molar-refractivity contribution in [2.45, 2.75) is 12.8 Å². The van der Waals surface area contributed by atoms with Crippen LogP contribution in [-0.4, -0.2) is 49.7 Å². The molecule has 0 aromatic heterocycles. The lowest BCUT2D eigenvalue weighted by Crippen LogP contribution is -2.23. The van der Waals surface area contributed by atoms with E-state index in [4.69, 9.17) is 16.6 Å². The molecule has 0 aliphatic carbocycles. The van der Waals surface area contributed by atoms with Crippen molar-refractivity contribution in [1.29, 1.82) is 0 Å². The van der Waals surface area contributed by atoms with E-state index in [1.807, 2.05) is 0 Å². The summed E-state index contributed by atoms with van der Waals surface area (Å²) in [6.07, 6.45) is 1.53. The molecule has 0 spiro atoms. The normalized spacial score (nSPS) is 8.87. The summed E-state index contributed by atoms with van der Waals surface area (Å²) in [5.74, 6) is -0.00144. The lowest BCUT2D eigenvalue weighted by Gasteiger charge is -2.11. The van der Waals surface area contributed by atoms with Crippen molar-refractivity contribution in [1.82, 2.24) is 4.90 Å². The van der Waals surface area contributed by atoms with Crippen LogP contribution in [0.3, 0.4) is 0 Å². The molecule has 0 bridgehead atoms. The molecule has 0 radical (unpaired) electrons. The molecule has 5 nitrogen and oxygen atoms in total. The van der Waals surface area contributed by atoms with E-state index >= 15 is 0 Å². The molecule has 0 aliphatic rings. The van der Waals surface area contributed by atoms with Gasteiger partial charge in [-0.3, -0.25) is 4.79 Å². The second-order valence-electron chi connectivity index (χ2n) is 3.21. The first-order valence-corrected chi connectivity index (χ1v) is 4.91. The van der Waals surface area contributed by atoms with Crippen molar-refractivity contribution in [3.8, 4) is 0 Å². The van der Waals surface area contributed by atoms with Crippen LogP contribution >= 0.6 is 0 Å². The molecular formula is C10H23N3O2. The lowest BCUT2D eigenvalue weighted by atomic mass is 10.1. The van der Waals surface area contributed by atoms with Gasteiger partial charge in [0.15, 0.2) is 0 Å². The molecule has 0 heterocycles. The first-order valence-electron chi connectivity index (χ1n) is 4.91. The van der Waals surface area contributed by atoms with Gasteiger partial charge in [-0.25, -0.2) is 0 Å². The second kappa shape index (κ2) is 11.2. The largest absolute Gasteiger partial charge is 0.395 e. The Morgan fingerprint density at radius 3 is 2.07 bits per heavy atom. The van der Waals surface area contributed by atoms with Gasteiger partial charge in [0.1, 0.15) is 0 Å². The molecule has 5 N–H and O–H groups in total. The first-order chi connectivity index (χ1) is 7.01. The minimum absolute atomic E-state index is 0.00144. The van der Waals surface area contributed by atoms with Crippen LogP contribution in [0, 0.1) is 0 Å². The monoisotopic (exact) mass is 217 g/mol. The van der Waals surface area contributed by atoms with Gasteiger partial charge in [0.25, 0.3) is 0 Å². The average Bonchev–Trinajstić information content (AvgIpc) is 2.24. The van der Waals surface area contributed by atoms with Crippen LogP contribution in [0.1, 0.15) is 12.8 Å². The smallest absolute Gasteiger partial charge is 0.248 e. The van der Waals surface area contributed by atoms with E-state index in [0.29, 0.717) is 25.1 Å². The van der Waals surface area contributed by atoms with Crippen molar-refractivity contribution in [3.05, 3.63) is 12.2 Å². The highest BCUT2D eigenvalue weighted by Crippen LogP contribution is 2.03. The number of rotatable bonds is 5. The van der Waals surface area contributed by atoms with Crippen LogP contribution in [0.5, 0.6) is 0 Å². The molecule has 90 valence electrons. The van der Waals surface area contributed by atoms with Gasteiger partial charge in [0, 0.05) is 26.2 Å². The predicted molar refractivity (Wildman–Crippen MR) is 62.3 cm³/mol. The van der Waals surface area contributed by atoms with E-state index in [1.165, 1.54) is 4.90 Å². The Kier molecular flexibility index (Phi) is 12.3. The Bertz CT molecular complexity index is 180. The Morgan fingerprint density at radius 2 is 1.80 bits per heavy atom. The number of hydrogen-bond donors (Lipinski definition) is 3. The van der Waals surface area contributed by atoms with E-state index in [-0.39, 0.29) is 12.5 Å². The van der Waals surface area contributed by atoms with Crippen molar-refractivity contribution in [2.75, 3.05) is 33.8 Å². The van der Waals surface area contributed by atoms with Gasteiger partial charge in [0.2, 0.25) is 5.91 Å². The molecule has 0 atom stereocenters. The summed E-state index contributed by atoms with van der Waals surface area (Å²) in [7, 11) is 3.44. The van der Waals surface area contributed by atoms with Crippen molar-refractivity contribution < 1.29 is 9.90 Å². The maximum absolute atomic E-state index is 11.1. The molecule has 0 saturated carbocycles. The van der Waals surface area contributed by atoms with Gasteiger partial charge < -0.3 is 21.5 Å². The molecular weight excluding hydrogens is 194 g/mol. The number of aliphatic hydroxyl groups excluding tert-OH is 1. The van der Waals surface area contributed by atoms with E-state index < -0.39 is 0 Å². The summed E-state index contributed by atoms with van der Waals surface area (Å²) >= 11 is 0. The fraction of sp³-hybridized carbons (Fsp3) is 0.700. The average molecular weight is 217 g/mol. The zero-order chi connectivity index (χ0) is 12.3. The number of nitrogens with two attached hydrogens (primary N) is 2. The van der Waals surface area contributed by atoms with Gasteiger partial charge >= 0.3 is 0 Å². The molecule has 15 heavy (non-hydrogen) atoms. The standard InChI is InChI=1S/C8H16N2O.C2H7NO/c1-7(5-4-6-9)8(11)10(2)3;3-1-2-4/h1,4-6,9H2,2-3H3;4H,1-3H2. The third kappa shape index (κ3) is 11.0. The maximum Gasteiger partial charge on any atom is 0.248 e. The minimum Gasteiger partial charge on any atom is -0.395 e. The molecule has 0 fully saturated rings. The van der Waals surface area contributed by atoms with Crippen molar-refractivity contribution in [3.63, 3.8) is 0 Å². The van der Waals surface area contributed by atoms with Gasteiger partial charge in [-0.15, -0.1) is 0 Å². The molecule has 0 saturated heterocycles. The van der Waals surface area contributed by atoms with E-state index in [1.54, 1.807) is 14.1 Å². The highest BCUT2D eigenvalue weighted by molar-refractivity contribution is 5.92. The maximum atomic E-state index is 11.1. The first kappa shape index (κ1) is 16.5. The molecule has 0 aromatic carbocycles. The summed E-state index contributed by atoms with van der Waals surface area (Å²) in [6.45, 7) is 4.75. The van der Waals surface area contributed by atoms with Crippen molar-refractivity contribution >= 4 is 5.91 Å². The number of carbonyl (C=O) groups is 1. The van der Waals surface area contributed by atoms with Gasteiger partial charge in [0.05, 0.1) is 6.61 Å². The van der Waals surface area contributed by atoms with Gasteiger partial charge in [-0.05, 0) is 19.4 Å². The zero-order valence-electron chi connectivity index (χ0n) is 9.70. The zero-order valence-corrected chi connectivity index (χ0v) is 9.70. The summed E-state index contributed by atoms with van der Waals surface area (Å²) in [4.78, 5) is 12.7. The number of hydrogen-bond acceptors (Lipinski definition) is 4. The quantitative estimate of drug-likeness (QED) is 0.531. The van der Waals surface area contributed by atoms with Crippen molar-refractivity contribution in [2.24, 2.45) is 11.5 Å². The van der Waals surface area contributed by atoms with E-state index in [0.717, 1.165) is 6.42 Å². The van der Waals surface area contributed by atoms with Crippen LogP contribution in [0.25, 0.3) is 0 Å². The van der Waals surface area contributed by atoms with Crippen LogP contribution < -0.4 is 11.5 Å². The van der Waals surface area contributed by atoms with Gasteiger partial charge in [-0.1, -0.05) is 6.58 Å². The van der Waals surface area contributed by atoms with Gasteiger partial charge in [-0.2, -0.15) is 0 Å². The topological polar surface area (TPSA) is 92.6 Å². The van der Waals surface area contributed by atoms with Crippen LogP contribution in [0.15, 0.2) is 12.2 Å². The summed E-state index contributed by atoms with van der Waals surface area (Å²) in [5, 5.41) is 7.75. The van der Waals surface area contributed by atoms with Crippen LogP contribution in [-0.2, 0) is 4.79 Å². The summed E-state index contributed by atoms with van der Waals surface area (Å²) in [5.41, 5.74) is 10.7. The third-order valence-corrected chi connectivity index (χ3v) is 1.52. The molecule has 0 aromatic rings. The molecule has 0 aliphatic heterocycles. The number of carbonyl (C=O) groups excluding carboxylic acids is 1. The highest BCUT2D eigenvalue weighted by atomic mass is 16.3. The van der Waals surface area contributed by atoms with E-state index in [9.17, 15) is 4.79 Å². The fourth-order valence-electron chi connectivity index (χ4n) is 0.739. The number of likely N-dealkylation sites (N-methyl/N-ethyl adjacent to an activating group) is 1. The van der Waals surface area contributed by atoms with E-state index in [2.05, 4.69) is 6.58 Å².